The van der Waals surface area contributed by atoms with E-state index < -0.39 is 0 Å². The molecule has 0 aromatic carbocycles. The summed E-state index contributed by atoms with van der Waals surface area (Å²) in [7, 11) is 3.86. The summed E-state index contributed by atoms with van der Waals surface area (Å²) >= 11 is 7.45. The Bertz CT molecular complexity index is 512. The summed E-state index contributed by atoms with van der Waals surface area (Å²) in [6.07, 6.45) is 3.45. The summed E-state index contributed by atoms with van der Waals surface area (Å²) in [5, 5.41) is 17.0. The molecule has 1 N–H and O–H groups in total. The van der Waals surface area contributed by atoms with Gasteiger partial charge in [-0.05, 0) is 7.05 Å². The fraction of sp³-hybridized carbons (Fsp3) is 0.500. The summed E-state index contributed by atoms with van der Waals surface area (Å²) in [5.41, 5.74) is 0. The number of thioether (sulfide) groups is 1. The molecular weight excluding hydrogens is 307 g/mol. The second kappa shape index (κ2) is 7.74. The molecule has 6 nitrogen and oxygen atoms in total. The van der Waals surface area contributed by atoms with E-state index >= 15 is 0 Å². The first-order chi connectivity index (χ1) is 8.70. The van der Waals surface area contributed by atoms with Gasteiger partial charge in [-0.3, -0.25) is 4.68 Å². The normalized spacial score (nSPS) is 10.5. The van der Waals surface area contributed by atoms with Crippen molar-refractivity contribution in [1.82, 2.24) is 29.9 Å². The molecular formula is C10H16Cl2N6S. The van der Waals surface area contributed by atoms with Crippen LogP contribution in [0.5, 0.6) is 0 Å². The molecule has 0 saturated carbocycles. The molecule has 0 amide bonds. The Labute approximate surface area is 127 Å². The summed E-state index contributed by atoms with van der Waals surface area (Å²) in [6.45, 7) is 1.52. The predicted molar refractivity (Wildman–Crippen MR) is 79.0 cm³/mol. The third-order valence-electron chi connectivity index (χ3n) is 2.41. The third kappa shape index (κ3) is 4.38. The Balaban J connectivity index is 0.00000180. The number of halogens is 2. The van der Waals surface area contributed by atoms with Crippen molar-refractivity contribution in [2.45, 2.75) is 18.2 Å². The van der Waals surface area contributed by atoms with E-state index in [0.29, 0.717) is 5.02 Å². The van der Waals surface area contributed by atoms with Crippen molar-refractivity contribution < 1.29 is 0 Å². The second-order valence-electron chi connectivity index (χ2n) is 3.76. The van der Waals surface area contributed by atoms with Crippen molar-refractivity contribution in [1.29, 1.82) is 0 Å². The molecule has 106 valence electrons. The van der Waals surface area contributed by atoms with Gasteiger partial charge in [0.25, 0.3) is 0 Å². The van der Waals surface area contributed by atoms with Crippen LogP contribution in [0.1, 0.15) is 5.82 Å². The molecule has 0 bridgehead atoms. The summed E-state index contributed by atoms with van der Waals surface area (Å²) < 4.78 is 3.82. The average Bonchev–Trinajstić information content (AvgIpc) is 2.90. The van der Waals surface area contributed by atoms with Gasteiger partial charge in [-0.1, -0.05) is 23.4 Å². The van der Waals surface area contributed by atoms with E-state index in [0.717, 1.165) is 29.8 Å². The van der Waals surface area contributed by atoms with E-state index in [1.807, 2.05) is 29.5 Å². The van der Waals surface area contributed by atoms with Gasteiger partial charge in [-0.15, -0.1) is 22.6 Å². The molecule has 2 aromatic rings. The van der Waals surface area contributed by atoms with Gasteiger partial charge < -0.3 is 9.88 Å². The van der Waals surface area contributed by atoms with Crippen LogP contribution in [0.15, 0.2) is 17.6 Å². The van der Waals surface area contributed by atoms with E-state index in [9.17, 15) is 0 Å². The van der Waals surface area contributed by atoms with Crippen LogP contribution >= 0.6 is 35.8 Å². The van der Waals surface area contributed by atoms with Gasteiger partial charge in [0.2, 0.25) is 0 Å². The fourth-order valence-electron chi connectivity index (χ4n) is 1.47. The number of nitrogens with zero attached hydrogens (tertiary/aromatic N) is 5. The molecule has 2 rings (SSSR count). The Morgan fingerprint density at radius 2 is 2.21 bits per heavy atom. The lowest BCUT2D eigenvalue weighted by molar-refractivity contribution is 0.661. The highest BCUT2D eigenvalue weighted by molar-refractivity contribution is 7.99. The Kier molecular flexibility index (Phi) is 6.64. The highest BCUT2D eigenvalue weighted by Gasteiger charge is 2.08. The molecule has 0 fully saturated rings. The number of hydrogen-bond donors (Lipinski definition) is 1. The second-order valence-corrected chi connectivity index (χ2v) is 5.26. The van der Waals surface area contributed by atoms with Crippen molar-refractivity contribution in [3.8, 4) is 0 Å². The largest absolute Gasteiger partial charge is 0.313 e. The molecule has 0 spiro atoms. The quantitative estimate of drug-likeness (QED) is 0.818. The van der Waals surface area contributed by atoms with Gasteiger partial charge >= 0.3 is 0 Å². The van der Waals surface area contributed by atoms with Crippen LogP contribution in [-0.4, -0.2) is 37.3 Å². The molecule has 0 aliphatic heterocycles. The van der Waals surface area contributed by atoms with Crippen molar-refractivity contribution >= 4 is 35.8 Å². The van der Waals surface area contributed by atoms with Crippen molar-refractivity contribution in [2.24, 2.45) is 7.05 Å². The number of rotatable bonds is 6. The molecule has 0 atom stereocenters. The lowest BCUT2D eigenvalue weighted by Crippen LogP contribution is -2.10. The average molecular weight is 323 g/mol. The maximum atomic E-state index is 5.80. The Morgan fingerprint density at radius 1 is 1.42 bits per heavy atom. The number of aryl methyl sites for hydroxylation is 1. The van der Waals surface area contributed by atoms with Crippen LogP contribution in [0.25, 0.3) is 0 Å². The van der Waals surface area contributed by atoms with Gasteiger partial charge in [0, 0.05) is 19.0 Å². The zero-order chi connectivity index (χ0) is 13.0. The van der Waals surface area contributed by atoms with E-state index in [4.69, 9.17) is 11.6 Å². The van der Waals surface area contributed by atoms with E-state index in [1.54, 1.807) is 18.0 Å². The smallest absolute Gasteiger partial charge is 0.191 e. The first kappa shape index (κ1) is 16.3. The van der Waals surface area contributed by atoms with Crippen molar-refractivity contribution in [2.75, 3.05) is 12.8 Å². The highest BCUT2D eigenvalue weighted by atomic mass is 35.5. The lowest BCUT2D eigenvalue weighted by Gasteiger charge is -2.03. The van der Waals surface area contributed by atoms with Gasteiger partial charge in [-0.2, -0.15) is 5.10 Å². The number of aromatic nitrogens is 5. The van der Waals surface area contributed by atoms with Crippen LogP contribution in [0.4, 0.5) is 0 Å². The zero-order valence-corrected chi connectivity index (χ0v) is 13.1. The molecule has 0 aliphatic carbocycles. The minimum absolute atomic E-state index is 0. The maximum absolute atomic E-state index is 5.80. The summed E-state index contributed by atoms with van der Waals surface area (Å²) in [5.74, 6) is 1.81. The molecule has 2 aromatic heterocycles. The predicted octanol–water partition coefficient (Wildman–Crippen LogP) is 1.60. The Hall–Kier alpha value is -0.760. The number of nitrogens with one attached hydrogen (secondary N) is 1. The third-order valence-corrected chi connectivity index (χ3v) is 3.61. The molecule has 2 heterocycles. The Morgan fingerprint density at radius 3 is 2.84 bits per heavy atom. The first-order valence-electron chi connectivity index (χ1n) is 5.54. The van der Waals surface area contributed by atoms with E-state index in [1.165, 1.54) is 0 Å². The molecule has 0 radical (unpaired) electrons. The van der Waals surface area contributed by atoms with Gasteiger partial charge in [0.1, 0.15) is 5.82 Å². The standard InChI is InChI=1S/C10H15ClN6S.ClH/c1-12-6-9-14-15-10(16(9)2)18-4-3-17-7-8(11)5-13-17;/h5,7,12H,3-4,6H2,1-2H3;1H. The summed E-state index contributed by atoms with van der Waals surface area (Å²) in [4.78, 5) is 0. The minimum Gasteiger partial charge on any atom is -0.313 e. The van der Waals surface area contributed by atoms with E-state index in [-0.39, 0.29) is 12.4 Å². The van der Waals surface area contributed by atoms with Gasteiger partial charge in [0.05, 0.1) is 24.3 Å². The van der Waals surface area contributed by atoms with Crippen LogP contribution in [0.3, 0.4) is 0 Å². The zero-order valence-electron chi connectivity index (χ0n) is 10.7. The fourth-order valence-corrected chi connectivity index (χ4v) is 2.49. The van der Waals surface area contributed by atoms with Crippen LogP contribution in [-0.2, 0) is 20.1 Å². The molecule has 0 aliphatic rings. The van der Waals surface area contributed by atoms with Crippen molar-refractivity contribution in [3.05, 3.63) is 23.2 Å². The first-order valence-corrected chi connectivity index (χ1v) is 6.90. The monoisotopic (exact) mass is 322 g/mol. The van der Waals surface area contributed by atoms with Crippen LogP contribution in [0, 0.1) is 0 Å². The summed E-state index contributed by atoms with van der Waals surface area (Å²) in [6, 6.07) is 0. The lowest BCUT2D eigenvalue weighted by atomic mass is 10.6. The maximum Gasteiger partial charge on any atom is 0.191 e. The van der Waals surface area contributed by atoms with Crippen LogP contribution in [0.2, 0.25) is 5.02 Å². The minimum atomic E-state index is 0. The van der Waals surface area contributed by atoms with E-state index in [2.05, 4.69) is 20.6 Å². The highest BCUT2D eigenvalue weighted by Crippen LogP contribution is 2.16. The molecule has 9 heteroatoms. The van der Waals surface area contributed by atoms with Gasteiger partial charge in [0.15, 0.2) is 5.16 Å². The number of hydrogen-bond acceptors (Lipinski definition) is 5. The van der Waals surface area contributed by atoms with Crippen molar-refractivity contribution in [3.63, 3.8) is 0 Å². The van der Waals surface area contributed by atoms with Crippen LogP contribution < -0.4 is 5.32 Å². The SMILES string of the molecule is CNCc1nnc(SCCn2cc(Cl)cn2)n1C.Cl. The molecule has 0 unspecified atom stereocenters. The topological polar surface area (TPSA) is 60.6 Å². The molecule has 19 heavy (non-hydrogen) atoms. The molecule has 0 saturated heterocycles. The van der Waals surface area contributed by atoms with Gasteiger partial charge in [-0.25, -0.2) is 0 Å².